The number of benzene rings is 1. The summed E-state index contributed by atoms with van der Waals surface area (Å²) >= 11 is 6.03. The summed E-state index contributed by atoms with van der Waals surface area (Å²) in [5.74, 6) is -0.311. The fourth-order valence-corrected chi connectivity index (χ4v) is 2.55. The molecule has 1 aromatic carbocycles. The molecule has 1 fully saturated rings. The number of amides is 2. The zero-order chi connectivity index (χ0) is 17.8. The number of aromatic nitrogens is 3. The van der Waals surface area contributed by atoms with E-state index in [0.29, 0.717) is 22.4 Å². The van der Waals surface area contributed by atoms with Crippen LogP contribution in [0.2, 0.25) is 5.02 Å². The number of hydrogen-bond donors (Lipinski definition) is 2. The smallest absolute Gasteiger partial charge is 0.238 e. The van der Waals surface area contributed by atoms with Crippen molar-refractivity contribution in [3.8, 4) is 5.69 Å². The Morgan fingerprint density at radius 1 is 1.32 bits per heavy atom. The number of hydrogen-bond acceptors (Lipinski definition) is 5. The van der Waals surface area contributed by atoms with Crippen LogP contribution in [0.15, 0.2) is 30.9 Å². The maximum Gasteiger partial charge on any atom is 0.238 e. The van der Waals surface area contributed by atoms with Crippen LogP contribution in [0, 0.1) is 0 Å². The lowest BCUT2D eigenvalue weighted by molar-refractivity contribution is -0.123. The van der Waals surface area contributed by atoms with Gasteiger partial charge in [0.1, 0.15) is 12.7 Å². The molecule has 1 aliphatic rings. The highest BCUT2D eigenvalue weighted by molar-refractivity contribution is 6.31. The lowest BCUT2D eigenvalue weighted by atomic mass is 10.2. The van der Waals surface area contributed by atoms with Crippen LogP contribution in [-0.4, -0.2) is 57.7 Å². The van der Waals surface area contributed by atoms with Gasteiger partial charge in [0, 0.05) is 11.1 Å². The summed E-state index contributed by atoms with van der Waals surface area (Å²) in [6.07, 6.45) is 5.02. The van der Waals surface area contributed by atoms with Crippen molar-refractivity contribution >= 4 is 29.1 Å². The van der Waals surface area contributed by atoms with E-state index in [0.717, 1.165) is 12.8 Å². The molecule has 2 amide bonds. The molecule has 0 aliphatic heterocycles. The molecule has 0 unspecified atom stereocenters. The maximum atomic E-state index is 12.3. The number of carbonyl (C=O) groups excluding carboxylic acids is 2. The highest BCUT2D eigenvalue weighted by Crippen LogP contribution is 2.24. The molecule has 8 nitrogen and oxygen atoms in total. The molecule has 132 valence electrons. The van der Waals surface area contributed by atoms with Gasteiger partial charge in [0.2, 0.25) is 11.8 Å². The molecule has 1 aromatic heterocycles. The van der Waals surface area contributed by atoms with Crippen LogP contribution < -0.4 is 10.6 Å². The van der Waals surface area contributed by atoms with E-state index in [1.165, 1.54) is 12.7 Å². The molecular formula is C16H19ClN6O2. The van der Waals surface area contributed by atoms with Gasteiger partial charge < -0.3 is 10.6 Å². The molecule has 2 N–H and O–H groups in total. The van der Waals surface area contributed by atoms with Crippen molar-refractivity contribution < 1.29 is 9.59 Å². The Morgan fingerprint density at radius 2 is 2.08 bits per heavy atom. The van der Waals surface area contributed by atoms with Gasteiger partial charge in [0.25, 0.3) is 0 Å². The second kappa shape index (κ2) is 7.62. The van der Waals surface area contributed by atoms with Crippen LogP contribution >= 0.6 is 11.6 Å². The number of rotatable bonds is 7. The van der Waals surface area contributed by atoms with Crippen molar-refractivity contribution in [1.82, 2.24) is 25.0 Å². The molecule has 0 spiro atoms. The minimum absolute atomic E-state index is 0.0659. The Balaban J connectivity index is 1.60. The highest BCUT2D eigenvalue weighted by Gasteiger charge is 2.23. The van der Waals surface area contributed by atoms with Crippen molar-refractivity contribution in [3.05, 3.63) is 35.9 Å². The number of carbonyl (C=O) groups is 2. The molecule has 0 bridgehead atoms. The van der Waals surface area contributed by atoms with E-state index in [1.54, 1.807) is 34.8 Å². The molecule has 2 aromatic rings. The SMILES string of the molecule is CN(CC(=O)Nc1cc(Cl)ccc1-n1cncn1)CC(=O)NC1CC1. The van der Waals surface area contributed by atoms with E-state index in [9.17, 15) is 9.59 Å². The van der Waals surface area contributed by atoms with Gasteiger partial charge in [-0.05, 0) is 38.1 Å². The fraction of sp³-hybridized carbons (Fsp3) is 0.375. The van der Waals surface area contributed by atoms with Gasteiger partial charge in [-0.15, -0.1) is 0 Å². The second-order valence-corrected chi connectivity index (χ2v) is 6.50. The topological polar surface area (TPSA) is 92.2 Å². The maximum absolute atomic E-state index is 12.3. The van der Waals surface area contributed by atoms with Crippen molar-refractivity contribution in [1.29, 1.82) is 0 Å². The van der Waals surface area contributed by atoms with Crippen molar-refractivity contribution in [2.45, 2.75) is 18.9 Å². The van der Waals surface area contributed by atoms with Crippen LogP contribution in [-0.2, 0) is 9.59 Å². The Bertz CT molecular complexity index is 760. The Hall–Kier alpha value is -2.45. The summed E-state index contributed by atoms with van der Waals surface area (Å²) < 4.78 is 1.54. The lowest BCUT2D eigenvalue weighted by Crippen LogP contribution is -2.39. The van der Waals surface area contributed by atoms with Crippen molar-refractivity contribution in [3.63, 3.8) is 0 Å². The standard InChI is InChI=1S/C16H19ClN6O2/c1-22(7-15(24)20-12-3-4-12)8-16(25)21-13-6-11(17)2-5-14(13)23-10-18-9-19-23/h2,5-6,9-10,12H,3-4,7-8H2,1H3,(H,20,24)(H,21,25). The van der Waals surface area contributed by atoms with Gasteiger partial charge in [0.15, 0.2) is 0 Å². The van der Waals surface area contributed by atoms with E-state index in [1.807, 2.05) is 0 Å². The quantitative estimate of drug-likeness (QED) is 0.768. The summed E-state index contributed by atoms with van der Waals surface area (Å²) in [5, 5.41) is 10.3. The molecule has 25 heavy (non-hydrogen) atoms. The van der Waals surface area contributed by atoms with Gasteiger partial charge in [-0.25, -0.2) is 9.67 Å². The minimum Gasteiger partial charge on any atom is -0.352 e. The average molecular weight is 363 g/mol. The molecule has 1 aliphatic carbocycles. The third kappa shape index (κ3) is 5.01. The van der Waals surface area contributed by atoms with Crippen LogP contribution in [0.1, 0.15) is 12.8 Å². The molecule has 9 heteroatoms. The first-order valence-corrected chi connectivity index (χ1v) is 8.31. The number of likely N-dealkylation sites (N-methyl/N-ethyl adjacent to an activating group) is 1. The predicted molar refractivity (Wildman–Crippen MR) is 93.7 cm³/mol. The van der Waals surface area contributed by atoms with Gasteiger partial charge in [-0.1, -0.05) is 11.6 Å². The van der Waals surface area contributed by atoms with Gasteiger partial charge in [-0.3, -0.25) is 14.5 Å². The third-order valence-corrected chi connectivity index (χ3v) is 3.90. The van der Waals surface area contributed by atoms with Crippen LogP contribution in [0.5, 0.6) is 0 Å². The van der Waals surface area contributed by atoms with E-state index < -0.39 is 0 Å². The minimum atomic E-state index is -0.245. The van der Waals surface area contributed by atoms with Gasteiger partial charge in [-0.2, -0.15) is 5.10 Å². The summed E-state index contributed by atoms with van der Waals surface area (Å²) in [5.41, 5.74) is 1.18. The van der Waals surface area contributed by atoms with Gasteiger partial charge >= 0.3 is 0 Å². The zero-order valence-corrected chi connectivity index (χ0v) is 14.5. The Kier molecular flexibility index (Phi) is 5.30. The first kappa shape index (κ1) is 17.4. The molecule has 0 saturated heterocycles. The number of anilines is 1. The summed E-state index contributed by atoms with van der Waals surface area (Å²) in [7, 11) is 1.72. The van der Waals surface area contributed by atoms with Crippen LogP contribution in [0.4, 0.5) is 5.69 Å². The largest absolute Gasteiger partial charge is 0.352 e. The fourth-order valence-electron chi connectivity index (χ4n) is 2.38. The highest BCUT2D eigenvalue weighted by atomic mass is 35.5. The van der Waals surface area contributed by atoms with Gasteiger partial charge in [0.05, 0.1) is 24.5 Å². The predicted octanol–water partition coefficient (Wildman–Crippen LogP) is 1.07. The summed E-state index contributed by atoms with van der Waals surface area (Å²) in [6, 6.07) is 5.42. The average Bonchev–Trinajstić information content (AvgIpc) is 3.17. The number of nitrogens with zero attached hydrogens (tertiary/aromatic N) is 4. The van der Waals surface area contributed by atoms with E-state index >= 15 is 0 Å². The summed E-state index contributed by atoms with van der Waals surface area (Å²) in [4.78, 5) is 29.6. The van der Waals surface area contributed by atoms with E-state index in [2.05, 4.69) is 20.7 Å². The molecular weight excluding hydrogens is 344 g/mol. The Labute approximate surface area is 150 Å². The first-order chi connectivity index (χ1) is 12.0. The first-order valence-electron chi connectivity index (χ1n) is 7.93. The van der Waals surface area contributed by atoms with Crippen LogP contribution in [0.25, 0.3) is 5.69 Å². The Morgan fingerprint density at radius 3 is 2.76 bits per heavy atom. The number of nitrogens with one attached hydrogen (secondary N) is 2. The molecule has 1 saturated carbocycles. The monoisotopic (exact) mass is 362 g/mol. The van der Waals surface area contributed by atoms with Crippen LogP contribution in [0.3, 0.4) is 0 Å². The van der Waals surface area contributed by atoms with E-state index in [-0.39, 0.29) is 24.9 Å². The van der Waals surface area contributed by atoms with Crippen molar-refractivity contribution in [2.75, 3.05) is 25.5 Å². The summed E-state index contributed by atoms with van der Waals surface area (Å²) in [6.45, 7) is 0.261. The van der Waals surface area contributed by atoms with E-state index in [4.69, 9.17) is 11.6 Å². The molecule has 3 rings (SSSR count). The molecule has 1 heterocycles. The molecule has 0 radical (unpaired) electrons. The van der Waals surface area contributed by atoms with Crippen molar-refractivity contribution in [2.24, 2.45) is 0 Å². The molecule has 0 atom stereocenters. The second-order valence-electron chi connectivity index (χ2n) is 6.06. The third-order valence-electron chi connectivity index (χ3n) is 3.67. The number of halogens is 1. The zero-order valence-electron chi connectivity index (χ0n) is 13.8. The lowest BCUT2D eigenvalue weighted by Gasteiger charge is -2.17. The normalized spacial score (nSPS) is 13.7.